The third-order valence-electron chi connectivity index (χ3n) is 2.49. The second kappa shape index (κ2) is 6.64. The molecule has 2 aromatic rings. The van der Waals surface area contributed by atoms with Gasteiger partial charge in [-0.1, -0.05) is 29.4 Å². The van der Waals surface area contributed by atoms with Crippen LogP contribution in [-0.2, 0) is 4.79 Å². The number of nitrogens with zero attached hydrogens (tertiary/aromatic N) is 2. The van der Waals surface area contributed by atoms with Gasteiger partial charge in [0.2, 0.25) is 5.91 Å². The Labute approximate surface area is 131 Å². The van der Waals surface area contributed by atoms with Gasteiger partial charge in [0, 0.05) is 16.8 Å². The number of carbonyl (C=O) groups is 1. The van der Waals surface area contributed by atoms with Crippen molar-refractivity contribution in [3.05, 3.63) is 35.4 Å². The lowest BCUT2D eigenvalue weighted by Crippen LogP contribution is -2.22. The van der Waals surface area contributed by atoms with Crippen LogP contribution in [0.2, 0.25) is 5.02 Å². The van der Waals surface area contributed by atoms with E-state index in [1.54, 1.807) is 31.2 Å². The van der Waals surface area contributed by atoms with E-state index in [1.807, 2.05) is 0 Å². The van der Waals surface area contributed by atoms with Crippen LogP contribution < -0.4 is 16.8 Å². The number of anilines is 3. The van der Waals surface area contributed by atoms with E-state index in [0.29, 0.717) is 15.9 Å². The molecule has 1 atom stereocenters. The predicted molar refractivity (Wildman–Crippen MR) is 86.3 cm³/mol. The maximum Gasteiger partial charge on any atom is 0.237 e. The highest BCUT2D eigenvalue weighted by molar-refractivity contribution is 8.00. The summed E-state index contributed by atoms with van der Waals surface area (Å²) in [5.74, 6) is 0.353. The second-order valence-corrected chi connectivity index (χ2v) is 6.00. The fourth-order valence-electron chi connectivity index (χ4n) is 1.54. The zero-order valence-corrected chi connectivity index (χ0v) is 12.8. The fourth-order valence-corrected chi connectivity index (χ4v) is 2.53. The molecule has 0 radical (unpaired) electrons. The summed E-state index contributed by atoms with van der Waals surface area (Å²) in [7, 11) is 0. The Bertz CT molecular complexity index is 647. The number of carbonyl (C=O) groups excluding carboxylic acids is 1. The minimum absolute atomic E-state index is 0.188. The van der Waals surface area contributed by atoms with E-state index in [0.717, 1.165) is 0 Å². The van der Waals surface area contributed by atoms with Crippen molar-refractivity contribution in [3.63, 3.8) is 0 Å². The molecule has 110 valence electrons. The van der Waals surface area contributed by atoms with Crippen molar-refractivity contribution in [2.45, 2.75) is 17.3 Å². The fraction of sp³-hybridized carbons (Fsp3) is 0.154. The van der Waals surface area contributed by atoms with E-state index in [-0.39, 0.29) is 17.5 Å². The molecule has 1 aromatic carbocycles. The Morgan fingerprint density at radius 2 is 1.95 bits per heavy atom. The molecule has 6 nitrogen and oxygen atoms in total. The zero-order valence-electron chi connectivity index (χ0n) is 11.2. The van der Waals surface area contributed by atoms with Gasteiger partial charge in [0.05, 0.1) is 5.25 Å². The largest absolute Gasteiger partial charge is 0.383 e. The summed E-state index contributed by atoms with van der Waals surface area (Å²) >= 11 is 7.04. The molecule has 0 bridgehead atoms. The topological polar surface area (TPSA) is 107 Å². The average Bonchev–Trinajstić information content (AvgIpc) is 2.37. The van der Waals surface area contributed by atoms with Gasteiger partial charge < -0.3 is 16.8 Å². The number of nitrogens with one attached hydrogen (secondary N) is 1. The van der Waals surface area contributed by atoms with Crippen molar-refractivity contribution < 1.29 is 4.79 Å². The van der Waals surface area contributed by atoms with Crippen molar-refractivity contribution >= 4 is 46.6 Å². The quantitative estimate of drug-likeness (QED) is 0.589. The molecular formula is C13H14ClN5OS. The molecule has 1 aromatic heterocycles. The van der Waals surface area contributed by atoms with Crippen LogP contribution in [0, 0.1) is 0 Å². The summed E-state index contributed by atoms with van der Waals surface area (Å²) < 4.78 is 0. The molecule has 0 aliphatic rings. The molecule has 0 saturated heterocycles. The molecule has 1 amide bonds. The minimum Gasteiger partial charge on any atom is -0.383 e. The monoisotopic (exact) mass is 323 g/mol. The lowest BCUT2D eigenvalue weighted by Gasteiger charge is -2.11. The molecule has 0 aliphatic heterocycles. The maximum absolute atomic E-state index is 12.1. The SMILES string of the molecule is C[C@@H](Sc1nc(N)cc(N)n1)C(=O)Nc1cccc(Cl)c1. The van der Waals surface area contributed by atoms with Crippen LogP contribution in [0.15, 0.2) is 35.5 Å². The normalized spacial score (nSPS) is 11.9. The lowest BCUT2D eigenvalue weighted by molar-refractivity contribution is -0.115. The molecule has 0 aliphatic carbocycles. The van der Waals surface area contributed by atoms with Crippen LogP contribution in [0.4, 0.5) is 17.3 Å². The average molecular weight is 324 g/mol. The number of benzene rings is 1. The number of amides is 1. The number of halogens is 1. The standard InChI is InChI=1S/C13H14ClN5OS/c1-7(21-13-18-10(15)6-11(16)19-13)12(20)17-9-4-2-3-8(14)5-9/h2-7H,1H3,(H,17,20)(H4,15,16,18,19)/t7-/m1/s1. The summed E-state index contributed by atoms with van der Waals surface area (Å²) in [5.41, 5.74) is 11.8. The molecule has 0 unspecified atom stereocenters. The van der Waals surface area contributed by atoms with Gasteiger partial charge in [0.25, 0.3) is 0 Å². The molecule has 21 heavy (non-hydrogen) atoms. The van der Waals surface area contributed by atoms with Gasteiger partial charge in [0.15, 0.2) is 5.16 Å². The number of rotatable bonds is 4. The minimum atomic E-state index is -0.412. The van der Waals surface area contributed by atoms with E-state index in [9.17, 15) is 4.79 Å². The number of nitrogen functional groups attached to an aromatic ring is 2. The molecular weight excluding hydrogens is 310 g/mol. The molecule has 8 heteroatoms. The van der Waals surface area contributed by atoms with Crippen molar-refractivity contribution in [2.75, 3.05) is 16.8 Å². The van der Waals surface area contributed by atoms with Gasteiger partial charge in [-0.3, -0.25) is 4.79 Å². The Hall–Kier alpha value is -1.99. The Morgan fingerprint density at radius 3 is 2.57 bits per heavy atom. The maximum atomic E-state index is 12.1. The van der Waals surface area contributed by atoms with E-state index in [4.69, 9.17) is 23.1 Å². The van der Waals surface area contributed by atoms with E-state index < -0.39 is 5.25 Å². The van der Waals surface area contributed by atoms with Gasteiger partial charge in [-0.2, -0.15) is 0 Å². The lowest BCUT2D eigenvalue weighted by atomic mass is 10.3. The van der Waals surface area contributed by atoms with Gasteiger partial charge in [-0.25, -0.2) is 9.97 Å². The van der Waals surface area contributed by atoms with Crippen LogP contribution in [0.3, 0.4) is 0 Å². The third-order valence-corrected chi connectivity index (χ3v) is 3.68. The first-order valence-electron chi connectivity index (χ1n) is 6.07. The highest BCUT2D eigenvalue weighted by Gasteiger charge is 2.16. The van der Waals surface area contributed by atoms with Gasteiger partial charge >= 0.3 is 0 Å². The van der Waals surface area contributed by atoms with Crippen molar-refractivity contribution in [2.24, 2.45) is 0 Å². The van der Waals surface area contributed by atoms with E-state index >= 15 is 0 Å². The van der Waals surface area contributed by atoms with Gasteiger partial charge in [0.1, 0.15) is 11.6 Å². The van der Waals surface area contributed by atoms with E-state index in [2.05, 4.69) is 15.3 Å². The zero-order chi connectivity index (χ0) is 15.4. The predicted octanol–water partition coefficient (Wildman–Crippen LogP) is 2.41. The summed E-state index contributed by atoms with van der Waals surface area (Å²) in [4.78, 5) is 20.2. The van der Waals surface area contributed by atoms with Gasteiger partial charge in [-0.15, -0.1) is 0 Å². The summed E-state index contributed by atoms with van der Waals surface area (Å²) in [6, 6.07) is 8.39. The first kappa shape index (κ1) is 15.4. The molecule has 0 saturated carbocycles. The van der Waals surface area contributed by atoms with Crippen LogP contribution in [0.5, 0.6) is 0 Å². The number of hydrogen-bond donors (Lipinski definition) is 3. The molecule has 1 heterocycles. The summed E-state index contributed by atoms with van der Waals surface area (Å²) in [6.45, 7) is 1.74. The molecule has 2 rings (SSSR count). The molecule has 5 N–H and O–H groups in total. The number of hydrogen-bond acceptors (Lipinski definition) is 6. The Kier molecular flexibility index (Phi) is 4.87. The van der Waals surface area contributed by atoms with Gasteiger partial charge in [-0.05, 0) is 25.1 Å². The van der Waals surface area contributed by atoms with Crippen LogP contribution in [0.1, 0.15) is 6.92 Å². The van der Waals surface area contributed by atoms with Crippen LogP contribution in [0.25, 0.3) is 0 Å². The highest BCUT2D eigenvalue weighted by atomic mass is 35.5. The number of nitrogens with two attached hydrogens (primary N) is 2. The first-order chi connectivity index (χ1) is 9.94. The van der Waals surface area contributed by atoms with Crippen molar-refractivity contribution in [1.82, 2.24) is 9.97 Å². The Balaban J connectivity index is 2.02. The smallest absolute Gasteiger partial charge is 0.237 e. The Morgan fingerprint density at radius 1 is 1.29 bits per heavy atom. The second-order valence-electron chi connectivity index (χ2n) is 4.26. The molecule has 0 fully saturated rings. The third kappa shape index (κ3) is 4.51. The van der Waals surface area contributed by atoms with Crippen LogP contribution >= 0.6 is 23.4 Å². The molecule has 0 spiro atoms. The number of thioether (sulfide) groups is 1. The first-order valence-corrected chi connectivity index (χ1v) is 7.33. The van der Waals surface area contributed by atoms with Crippen LogP contribution in [-0.4, -0.2) is 21.1 Å². The summed E-state index contributed by atoms with van der Waals surface area (Å²) in [6.07, 6.45) is 0. The summed E-state index contributed by atoms with van der Waals surface area (Å²) in [5, 5.41) is 3.28. The van der Waals surface area contributed by atoms with Crippen molar-refractivity contribution in [3.8, 4) is 0 Å². The van der Waals surface area contributed by atoms with E-state index in [1.165, 1.54) is 17.8 Å². The highest BCUT2D eigenvalue weighted by Crippen LogP contribution is 2.23. The van der Waals surface area contributed by atoms with Crippen molar-refractivity contribution in [1.29, 1.82) is 0 Å². The number of aromatic nitrogens is 2.